The Bertz CT molecular complexity index is 942. The van der Waals surface area contributed by atoms with Gasteiger partial charge in [0.15, 0.2) is 0 Å². The van der Waals surface area contributed by atoms with Gasteiger partial charge in [0.25, 0.3) is 5.56 Å². The first-order valence-electron chi connectivity index (χ1n) is 9.14. The highest BCUT2D eigenvalue weighted by Crippen LogP contribution is 2.23. The molecule has 2 rings (SSSR count). The number of aromatic nitrogens is 2. The normalized spacial score (nSPS) is 11.0. The molecule has 0 radical (unpaired) electrons. The average molecular weight is 376 g/mol. The zero-order chi connectivity index (χ0) is 20.7. The van der Waals surface area contributed by atoms with Gasteiger partial charge in [-0.2, -0.15) is 0 Å². The molecule has 0 atom stereocenters. The summed E-state index contributed by atoms with van der Waals surface area (Å²) in [6.07, 6.45) is 2.32. The minimum absolute atomic E-state index is 0.158. The van der Waals surface area contributed by atoms with Crippen molar-refractivity contribution < 1.29 is 4.39 Å². The van der Waals surface area contributed by atoms with Crippen molar-refractivity contribution in [2.24, 2.45) is 12.8 Å². The number of hydrogen-bond acceptors (Lipinski definition) is 4. The minimum Gasteiger partial charge on any atom is -0.398 e. The summed E-state index contributed by atoms with van der Waals surface area (Å²) in [5, 5.41) is 2.86. The van der Waals surface area contributed by atoms with Gasteiger partial charge in [-0.15, -0.1) is 0 Å². The Kier molecular flexibility index (Phi) is 8.02. The lowest BCUT2D eigenvalue weighted by Gasteiger charge is -2.18. The molecule has 0 spiro atoms. The summed E-state index contributed by atoms with van der Waals surface area (Å²) in [5.41, 5.74) is 6.42. The summed E-state index contributed by atoms with van der Waals surface area (Å²) in [4.78, 5) is 25.2. The molecule has 0 aliphatic rings. The molecule has 148 valence electrons. The smallest absolute Gasteiger partial charge is 0.332 e. The van der Waals surface area contributed by atoms with Gasteiger partial charge in [-0.25, -0.2) is 9.18 Å². The maximum atomic E-state index is 14.2. The molecule has 1 aromatic heterocycles. The number of rotatable bonds is 5. The molecule has 2 aromatic rings. The van der Waals surface area contributed by atoms with Crippen LogP contribution in [0.4, 0.5) is 15.9 Å². The maximum absolute atomic E-state index is 14.2. The molecule has 0 aliphatic carbocycles. The lowest BCUT2D eigenvalue weighted by atomic mass is 10.1. The summed E-state index contributed by atoms with van der Waals surface area (Å²) in [6.45, 7) is 9.59. The number of anilines is 2. The van der Waals surface area contributed by atoms with Crippen LogP contribution in [0.1, 0.15) is 45.2 Å². The number of nitrogens with two attached hydrogens (primary N) is 1. The summed E-state index contributed by atoms with van der Waals surface area (Å²) in [6, 6.07) is 4.67. The van der Waals surface area contributed by atoms with Crippen LogP contribution in [0.3, 0.4) is 0 Å². The fourth-order valence-corrected chi connectivity index (χ4v) is 2.62. The molecule has 6 nitrogen and oxygen atoms in total. The number of aryl methyl sites for hydroxylation is 1. The molecular formula is C20H29FN4O2. The topological polar surface area (TPSA) is 82.0 Å². The van der Waals surface area contributed by atoms with Crippen molar-refractivity contribution in [2.75, 3.05) is 5.32 Å². The van der Waals surface area contributed by atoms with Crippen LogP contribution in [0.25, 0.3) is 5.70 Å². The molecule has 0 saturated heterocycles. The van der Waals surface area contributed by atoms with E-state index in [2.05, 4.69) is 5.32 Å². The van der Waals surface area contributed by atoms with Gasteiger partial charge in [0.2, 0.25) is 0 Å². The molecular weight excluding hydrogens is 347 g/mol. The van der Waals surface area contributed by atoms with Crippen LogP contribution in [-0.2, 0) is 13.6 Å². The van der Waals surface area contributed by atoms with E-state index >= 15 is 0 Å². The molecule has 1 heterocycles. The van der Waals surface area contributed by atoms with Crippen LogP contribution in [0.2, 0.25) is 0 Å². The Balaban J connectivity index is 0.00000176. The van der Waals surface area contributed by atoms with Gasteiger partial charge in [0.1, 0.15) is 17.2 Å². The van der Waals surface area contributed by atoms with Crippen LogP contribution in [-0.4, -0.2) is 9.13 Å². The predicted octanol–water partition coefficient (Wildman–Crippen LogP) is 3.49. The Morgan fingerprint density at radius 2 is 1.89 bits per heavy atom. The molecule has 7 heteroatoms. The lowest BCUT2D eigenvalue weighted by molar-refractivity contribution is 0.619. The summed E-state index contributed by atoms with van der Waals surface area (Å²) in [5.74, 6) is -0.305. The lowest BCUT2D eigenvalue weighted by Crippen LogP contribution is -2.41. The number of nitrogens with one attached hydrogen (secondary N) is 1. The number of benzene rings is 1. The third-order valence-electron chi connectivity index (χ3n) is 3.96. The quantitative estimate of drug-likeness (QED) is 0.837. The second kappa shape index (κ2) is 9.75. The van der Waals surface area contributed by atoms with Crippen molar-refractivity contribution in [3.8, 4) is 0 Å². The van der Waals surface area contributed by atoms with Crippen LogP contribution >= 0.6 is 0 Å². The van der Waals surface area contributed by atoms with Gasteiger partial charge in [0.05, 0.1) is 5.69 Å². The minimum atomic E-state index is -0.497. The van der Waals surface area contributed by atoms with Crippen molar-refractivity contribution in [2.45, 2.75) is 47.6 Å². The SMILES string of the molecule is CC.CC/C=C(\N)c1c(Nc2ccc(C)cc2F)n(C)c(=O)n(CC)c1=O. The fraction of sp³-hybridized carbons (Fsp3) is 0.400. The predicted molar refractivity (Wildman–Crippen MR) is 110 cm³/mol. The van der Waals surface area contributed by atoms with Crippen LogP contribution in [0.5, 0.6) is 0 Å². The average Bonchev–Trinajstić information content (AvgIpc) is 2.64. The Morgan fingerprint density at radius 1 is 1.26 bits per heavy atom. The molecule has 0 saturated carbocycles. The standard InChI is InChI=1S/C18H23FN4O2.C2H6/c1-5-7-13(20)15-16(21-14-9-8-11(3)10-12(14)19)22(4)18(25)23(6-2)17(15)24;1-2/h7-10,21H,5-6,20H2,1-4H3;1-2H3/b13-7-;. The summed E-state index contributed by atoms with van der Waals surface area (Å²) < 4.78 is 16.6. The third-order valence-corrected chi connectivity index (χ3v) is 3.96. The van der Waals surface area contributed by atoms with Gasteiger partial charge >= 0.3 is 5.69 Å². The third kappa shape index (κ3) is 4.67. The van der Waals surface area contributed by atoms with Gasteiger partial charge in [-0.1, -0.05) is 32.9 Å². The van der Waals surface area contributed by atoms with Crippen molar-refractivity contribution >= 4 is 17.2 Å². The highest BCUT2D eigenvalue weighted by atomic mass is 19.1. The molecule has 0 unspecified atom stereocenters. The van der Waals surface area contributed by atoms with E-state index in [4.69, 9.17) is 5.73 Å². The summed E-state index contributed by atoms with van der Waals surface area (Å²) >= 11 is 0. The molecule has 0 amide bonds. The van der Waals surface area contributed by atoms with Crippen molar-refractivity contribution in [1.82, 2.24) is 9.13 Å². The fourth-order valence-electron chi connectivity index (χ4n) is 2.62. The van der Waals surface area contributed by atoms with Crippen LogP contribution in [0, 0.1) is 12.7 Å². The van der Waals surface area contributed by atoms with Gasteiger partial charge in [-0.3, -0.25) is 13.9 Å². The molecule has 27 heavy (non-hydrogen) atoms. The second-order valence-corrected chi connectivity index (χ2v) is 5.79. The van der Waals surface area contributed by atoms with E-state index in [1.165, 1.54) is 17.7 Å². The number of allylic oxidation sites excluding steroid dienone is 1. The maximum Gasteiger partial charge on any atom is 0.332 e. The molecule has 0 bridgehead atoms. The van der Waals surface area contributed by atoms with E-state index in [1.807, 2.05) is 20.8 Å². The zero-order valence-corrected chi connectivity index (χ0v) is 16.9. The van der Waals surface area contributed by atoms with E-state index in [0.717, 1.165) is 10.1 Å². The number of nitrogens with zero attached hydrogens (tertiary/aromatic N) is 2. The second-order valence-electron chi connectivity index (χ2n) is 5.79. The van der Waals surface area contributed by atoms with E-state index in [9.17, 15) is 14.0 Å². The largest absolute Gasteiger partial charge is 0.398 e. The number of halogens is 1. The highest BCUT2D eigenvalue weighted by molar-refractivity contribution is 5.75. The van der Waals surface area contributed by atoms with Gasteiger partial charge in [0, 0.05) is 19.3 Å². The highest BCUT2D eigenvalue weighted by Gasteiger charge is 2.19. The van der Waals surface area contributed by atoms with E-state index < -0.39 is 17.1 Å². The van der Waals surface area contributed by atoms with Crippen LogP contribution < -0.4 is 22.3 Å². The Hall–Kier alpha value is -2.83. The molecule has 1 aromatic carbocycles. The molecule has 0 fully saturated rings. The molecule has 0 aliphatic heterocycles. The van der Waals surface area contributed by atoms with Crippen molar-refractivity contribution in [1.29, 1.82) is 0 Å². The van der Waals surface area contributed by atoms with Crippen LogP contribution in [0.15, 0.2) is 33.9 Å². The Labute approximate surface area is 159 Å². The zero-order valence-electron chi connectivity index (χ0n) is 16.9. The van der Waals surface area contributed by atoms with E-state index in [-0.39, 0.29) is 29.3 Å². The first-order valence-corrected chi connectivity index (χ1v) is 9.14. The van der Waals surface area contributed by atoms with Gasteiger partial charge < -0.3 is 11.1 Å². The number of hydrogen-bond donors (Lipinski definition) is 2. The van der Waals surface area contributed by atoms with Gasteiger partial charge in [-0.05, 0) is 38.0 Å². The monoisotopic (exact) mass is 376 g/mol. The van der Waals surface area contributed by atoms with E-state index in [1.54, 1.807) is 32.1 Å². The van der Waals surface area contributed by atoms with E-state index in [0.29, 0.717) is 6.42 Å². The molecule has 3 N–H and O–H groups in total. The first-order chi connectivity index (χ1) is 12.8. The van der Waals surface area contributed by atoms with Crippen molar-refractivity contribution in [3.63, 3.8) is 0 Å². The Morgan fingerprint density at radius 3 is 2.41 bits per heavy atom. The van der Waals surface area contributed by atoms with Crippen molar-refractivity contribution in [3.05, 3.63) is 62.1 Å². The first kappa shape index (κ1) is 22.2. The summed E-state index contributed by atoms with van der Waals surface area (Å²) in [7, 11) is 1.52.